The topological polar surface area (TPSA) is 17.3 Å². The van der Waals surface area contributed by atoms with E-state index in [9.17, 15) is 0 Å². The average Bonchev–Trinajstić information content (AvgIpc) is 1.87. The molecule has 0 aromatic heterocycles. The van der Waals surface area contributed by atoms with E-state index in [1.807, 2.05) is 26.4 Å². The Hall–Kier alpha value is -0.790. The Bertz CT molecular complexity index is 124. The van der Waals surface area contributed by atoms with Crippen LogP contribution in [0.25, 0.3) is 0 Å². The maximum Gasteiger partial charge on any atom is 0.279 e. The van der Waals surface area contributed by atoms with E-state index in [0.717, 1.165) is 0 Å². The molecule has 1 rings (SSSR count). The summed E-state index contributed by atoms with van der Waals surface area (Å²) in [6, 6.07) is 0. The lowest BCUT2D eigenvalue weighted by molar-refractivity contribution is 0.442. The number of rotatable bonds is 0. The predicted octanol–water partition coefficient (Wildman–Crippen LogP) is 0.157. The zero-order chi connectivity index (χ0) is 5.28. The van der Waals surface area contributed by atoms with Crippen molar-refractivity contribution in [1.82, 2.24) is 10.1 Å². The molecule has 0 atom stereocenters. The third kappa shape index (κ3) is 0.796. The second-order valence-electron chi connectivity index (χ2n) is 1.69. The number of hydrazone groups is 1. The normalized spacial score (nSPS) is 18.0. The van der Waals surface area contributed by atoms with Crippen molar-refractivity contribution in [2.24, 2.45) is 0 Å². The third-order valence-corrected chi connectivity index (χ3v) is 0.834. The highest BCUT2D eigenvalue weighted by Crippen LogP contribution is 1.92. The van der Waals surface area contributed by atoms with Gasteiger partial charge in [-0.3, -0.25) is 0 Å². The molecule has 37 valence electrons. The van der Waals surface area contributed by atoms with Crippen LogP contribution in [0.4, 0.5) is 0 Å². The molecule has 0 N–H and O–H groups in total. The van der Waals surface area contributed by atoms with Crippen LogP contribution in [-0.4, -0.2) is 18.3 Å². The monoisotopic (exact) mass is 96.1 g/mol. The molecule has 7 heavy (non-hydrogen) atoms. The minimum atomic E-state index is 1.21. The lowest BCUT2D eigenvalue weighted by Crippen LogP contribution is -2.07. The van der Waals surface area contributed by atoms with Gasteiger partial charge in [-0.15, -0.1) is 0 Å². The van der Waals surface area contributed by atoms with Crippen LogP contribution in [0.15, 0.2) is 11.8 Å². The zero-order valence-electron chi connectivity index (χ0n) is 4.55. The number of hydrogen-bond donors (Lipinski definition) is 0. The molecule has 2 nitrogen and oxygen atoms in total. The molecule has 1 heterocycles. The minimum Gasteiger partial charge on any atom is -0.0990 e. The summed E-state index contributed by atoms with van der Waals surface area (Å²) in [5.41, 5.74) is 1.21. The summed E-state index contributed by atoms with van der Waals surface area (Å²) in [7, 11) is 1.91. The second-order valence-corrected chi connectivity index (χ2v) is 1.69. The summed E-state index contributed by atoms with van der Waals surface area (Å²) < 4.78 is 0. The Morgan fingerprint density at radius 1 is 1.71 bits per heavy atom. The molecule has 0 aromatic carbocycles. The van der Waals surface area contributed by atoms with Crippen molar-refractivity contribution in [3.63, 3.8) is 0 Å². The smallest absolute Gasteiger partial charge is 0.0990 e. The van der Waals surface area contributed by atoms with Crippen LogP contribution in [0.2, 0.25) is 0 Å². The molecule has 0 aliphatic carbocycles. The standard InChI is InChI=1S/C5H8N2/c1-5-3-6-7(2)4-5/h3-4H,1-2H3/q+1. The van der Waals surface area contributed by atoms with Gasteiger partial charge in [-0.25, -0.2) is 0 Å². The summed E-state index contributed by atoms with van der Waals surface area (Å²) in [5, 5.41) is 5.72. The summed E-state index contributed by atoms with van der Waals surface area (Å²) in [5.74, 6) is 0. The highest BCUT2D eigenvalue weighted by molar-refractivity contribution is 5.77. The summed E-state index contributed by atoms with van der Waals surface area (Å²) in [6.07, 6.45) is 3.81. The number of nitrogens with zero attached hydrogens (tertiary/aromatic N) is 2. The van der Waals surface area contributed by atoms with Crippen LogP contribution < -0.4 is 5.10 Å². The fraction of sp³-hybridized carbons (Fsp3) is 0.400. The highest BCUT2D eigenvalue weighted by Gasteiger charge is 2.08. The van der Waals surface area contributed by atoms with E-state index in [0.29, 0.717) is 0 Å². The van der Waals surface area contributed by atoms with Gasteiger partial charge >= 0.3 is 0 Å². The van der Waals surface area contributed by atoms with Gasteiger partial charge in [0.15, 0.2) is 5.10 Å². The first kappa shape index (κ1) is 4.37. The van der Waals surface area contributed by atoms with Gasteiger partial charge in [0, 0.05) is 5.57 Å². The van der Waals surface area contributed by atoms with E-state index in [-0.39, 0.29) is 0 Å². The van der Waals surface area contributed by atoms with E-state index in [1.165, 1.54) is 5.57 Å². The van der Waals surface area contributed by atoms with E-state index < -0.39 is 0 Å². The van der Waals surface area contributed by atoms with Gasteiger partial charge in [-0.2, -0.15) is 0 Å². The second kappa shape index (κ2) is 1.37. The molecule has 0 unspecified atom stereocenters. The van der Waals surface area contributed by atoms with Gasteiger partial charge < -0.3 is 0 Å². The Balaban J connectivity index is 2.69. The van der Waals surface area contributed by atoms with E-state index >= 15 is 0 Å². The van der Waals surface area contributed by atoms with Crippen molar-refractivity contribution in [1.29, 1.82) is 0 Å². The summed E-state index contributed by atoms with van der Waals surface area (Å²) >= 11 is 0. The molecule has 1 aliphatic heterocycles. The van der Waals surface area contributed by atoms with Crippen LogP contribution in [0, 0.1) is 0 Å². The molecule has 1 radical (unpaired) electrons. The van der Waals surface area contributed by atoms with Gasteiger partial charge in [0.2, 0.25) is 0 Å². The Morgan fingerprint density at radius 2 is 2.43 bits per heavy atom. The highest BCUT2D eigenvalue weighted by atomic mass is 15.4. The zero-order valence-corrected chi connectivity index (χ0v) is 4.55. The van der Waals surface area contributed by atoms with Crippen LogP contribution in [0.5, 0.6) is 0 Å². The van der Waals surface area contributed by atoms with Crippen molar-refractivity contribution >= 4 is 6.21 Å². The van der Waals surface area contributed by atoms with Crippen LogP contribution >= 0.6 is 0 Å². The molecule has 2 heteroatoms. The SMILES string of the molecule is CC1=CN(C)[N+]=C1. The first-order valence-electron chi connectivity index (χ1n) is 2.24. The molecular formula is C5H8N2+. The molecular weight excluding hydrogens is 88.1 g/mol. The maximum absolute atomic E-state index is 3.93. The first-order chi connectivity index (χ1) is 3.29. The molecule has 0 amide bonds. The summed E-state index contributed by atoms with van der Waals surface area (Å²) in [6.45, 7) is 2.02. The predicted molar refractivity (Wildman–Crippen MR) is 29.7 cm³/mol. The number of hydrogen-bond acceptors (Lipinski definition) is 2. The lowest BCUT2D eigenvalue weighted by atomic mass is 10.4. The molecule has 0 saturated carbocycles. The van der Waals surface area contributed by atoms with Gasteiger partial charge in [0.05, 0.1) is 13.2 Å². The van der Waals surface area contributed by atoms with Gasteiger partial charge in [-0.05, 0) is 6.92 Å². The van der Waals surface area contributed by atoms with Gasteiger partial charge in [0.25, 0.3) is 6.21 Å². The first-order valence-corrected chi connectivity index (χ1v) is 2.24. The van der Waals surface area contributed by atoms with Crippen LogP contribution in [0.3, 0.4) is 0 Å². The maximum atomic E-state index is 3.93. The Morgan fingerprint density at radius 3 is 2.57 bits per heavy atom. The van der Waals surface area contributed by atoms with E-state index in [2.05, 4.69) is 5.10 Å². The van der Waals surface area contributed by atoms with E-state index in [1.54, 1.807) is 5.01 Å². The quantitative estimate of drug-likeness (QED) is 0.420. The number of allylic oxidation sites excluding steroid dienone is 1. The van der Waals surface area contributed by atoms with Crippen LogP contribution in [-0.2, 0) is 0 Å². The van der Waals surface area contributed by atoms with Crippen molar-refractivity contribution in [2.45, 2.75) is 6.92 Å². The molecule has 0 spiro atoms. The fourth-order valence-corrected chi connectivity index (χ4v) is 0.544. The van der Waals surface area contributed by atoms with Crippen molar-refractivity contribution in [3.8, 4) is 0 Å². The fourth-order valence-electron chi connectivity index (χ4n) is 0.544. The van der Waals surface area contributed by atoms with Gasteiger partial charge in [-0.1, -0.05) is 5.01 Å². The molecule has 0 bridgehead atoms. The molecule has 0 saturated heterocycles. The molecule has 0 fully saturated rings. The van der Waals surface area contributed by atoms with E-state index in [4.69, 9.17) is 0 Å². The van der Waals surface area contributed by atoms with Crippen molar-refractivity contribution in [3.05, 3.63) is 11.8 Å². The minimum absolute atomic E-state index is 1.21. The Kier molecular flexibility index (Phi) is 0.855. The lowest BCUT2D eigenvalue weighted by Gasteiger charge is -1.80. The van der Waals surface area contributed by atoms with Gasteiger partial charge in [0.1, 0.15) is 0 Å². The Labute approximate surface area is 43.1 Å². The molecule has 0 aromatic rings. The summed E-state index contributed by atoms with van der Waals surface area (Å²) in [4.78, 5) is 0. The largest absolute Gasteiger partial charge is 0.279 e. The average molecular weight is 96.1 g/mol. The van der Waals surface area contributed by atoms with Crippen molar-refractivity contribution < 1.29 is 0 Å². The van der Waals surface area contributed by atoms with Crippen molar-refractivity contribution in [2.75, 3.05) is 7.05 Å². The molecule has 1 aliphatic rings. The third-order valence-electron chi connectivity index (χ3n) is 0.834. The van der Waals surface area contributed by atoms with Crippen LogP contribution in [0.1, 0.15) is 6.92 Å².